The molecule has 1 aliphatic rings. The van der Waals surface area contributed by atoms with Crippen molar-refractivity contribution in [3.63, 3.8) is 0 Å². The average Bonchev–Trinajstić information content (AvgIpc) is 3.20. The van der Waals surface area contributed by atoms with Crippen molar-refractivity contribution in [2.24, 2.45) is 5.92 Å². The third-order valence-corrected chi connectivity index (χ3v) is 5.58. The first-order valence-electron chi connectivity index (χ1n) is 11.7. The molecule has 0 unspecified atom stereocenters. The van der Waals surface area contributed by atoms with E-state index in [0.717, 1.165) is 26.1 Å². The van der Waals surface area contributed by atoms with E-state index in [-0.39, 0.29) is 23.6 Å². The summed E-state index contributed by atoms with van der Waals surface area (Å²) in [6.07, 6.45) is 7.03. The van der Waals surface area contributed by atoms with Crippen molar-refractivity contribution < 1.29 is 23.8 Å². The van der Waals surface area contributed by atoms with Crippen molar-refractivity contribution >= 4 is 29.7 Å². The SMILES string of the molecule is CCOc1nc(N2CCC[C@@H](CN(C)C)C2)ncc1C(=O)Nc1cc(F)c2nc(C)cn2c1.O=CO. The Balaban J connectivity index is 0.00000115. The summed E-state index contributed by atoms with van der Waals surface area (Å²) in [4.78, 5) is 38.8. The number of ether oxygens (including phenoxy) is 1. The molecule has 0 aliphatic carbocycles. The molecule has 1 atom stereocenters. The first kappa shape index (κ1) is 26.8. The number of anilines is 2. The van der Waals surface area contributed by atoms with E-state index in [9.17, 15) is 9.18 Å². The Morgan fingerprint density at radius 2 is 2.11 bits per heavy atom. The highest BCUT2D eigenvalue weighted by Crippen LogP contribution is 2.25. The van der Waals surface area contributed by atoms with E-state index in [0.29, 0.717) is 29.9 Å². The smallest absolute Gasteiger partial charge is 0.290 e. The van der Waals surface area contributed by atoms with Crippen molar-refractivity contribution in [1.82, 2.24) is 24.3 Å². The number of aromatic nitrogens is 4. The van der Waals surface area contributed by atoms with Gasteiger partial charge in [0, 0.05) is 44.3 Å². The minimum atomic E-state index is -0.519. The van der Waals surface area contributed by atoms with Gasteiger partial charge in [0.25, 0.3) is 12.4 Å². The van der Waals surface area contributed by atoms with Gasteiger partial charge in [-0.1, -0.05) is 0 Å². The summed E-state index contributed by atoms with van der Waals surface area (Å²) in [5.74, 6) is 0.321. The highest BCUT2D eigenvalue weighted by atomic mass is 19.1. The lowest BCUT2D eigenvalue weighted by Crippen LogP contribution is -2.40. The predicted molar refractivity (Wildman–Crippen MR) is 133 cm³/mol. The molecule has 0 aromatic carbocycles. The summed E-state index contributed by atoms with van der Waals surface area (Å²) in [6, 6.07) is 1.24. The second kappa shape index (κ2) is 12.2. The molecule has 12 heteroatoms. The minimum Gasteiger partial charge on any atom is -0.483 e. The molecular formula is C24H32FN7O4. The van der Waals surface area contributed by atoms with Gasteiger partial charge in [0.2, 0.25) is 11.8 Å². The van der Waals surface area contributed by atoms with E-state index < -0.39 is 11.7 Å². The van der Waals surface area contributed by atoms with Crippen LogP contribution in [0.15, 0.2) is 24.7 Å². The quantitative estimate of drug-likeness (QED) is 0.470. The topological polar surface area (TPSA) is 125 Å². The van der Waals surface area contributed by atoms with Gasteiger partial charge in [-0.15, -0.1) is 0 Å². The van der Waals surface area contributed by atoms with Gasteiger partial charge in [0.15, 0.2) is 11.5 Å². The van der Waals surface area contributed by atoms with Gasteiger partial charge in [0.1, 0.15) is 5.56 Å². The molecule has 0 bridgehead atoms. The van der Waals surface area contributed by atoms with Crippen LogP contribution in [0.4, 0.5) is 16.0 Å². The molecule has 0 radical (unpaired) electrons. The standard InChI is InChI=1S/C23H30FN7O2.CH2O2/c1-5-33-22-18(10-25-23(28-22)30-8-6-7-16(13-30)12-29(3)4)21(32)27-17-9-19(24)20-26-15(2)11-31(20)14-17;2-1-3/h9-11,14,16H,5-8,12-13H2,1-4H3,(H,27,32);1H,(H,2,3)/t16-;/m0./s1. The summed E-state index contributed by atoms with van der Waals surface area (Å²) < 4.78 is 21.6. The number of piperidine rings is 1. The number of halogens is 1. The van der Waals surface area contributed by atoms with Gasteiger partial charge < -0.3 is 29.4 Å². The lowest BCUT2D eigenvalue weighted by molar-refractivity contribution is -0.122. The number of nitrogens with zero attached hydrogens (tertiary/aromatic N) is 6. The zero-order valence-corrected chi connectivity index (χ0v) is 20.9. The Labute approximate surface area is 208 Å². The number of carbonyl (C=O) groups is 2. The molecule has 1 aliphatic heterocycles. The molecule has 1 saturated heterocycles. The molecule has 1 amide bonds. The van der Waals surface area contributed by atoms with E-state index in [1.165, 1.54) is 18.7 Å². The number of hydrogen-bond donors (Lipinski definition) is 2. The van der Waals surface area contributed by atoms with Crippen molar-refractivity contribution in [3.05, 3.63) is 41.7 Å². The van der Waals surface area contributed by atoms with Gasteiger partial charge in [-0.2, -0.15) is 4.98 Å². The van der Waals surface area contributed by atoms with Crippen LogP contribution in [0.5, 0.6) is 5.88 Å². The van der Waals surface area contributed by atoms with Crippen LogP contribution < -0.4 is 15.0 Å². The van der Waals surface area contributed by atoms with Gasteiger partial charge in [0.05, 0.1) is 18.0 Å². The number of amides is 1. The van der Waals surface area contributed by atoms with Crippen molar-refractivity contribution in [3.8, 4) is 5.88 Å². The predicted octanol–water partition coefficient (Wildman–Crippen LogP) is 2.70. The number of carbonyl (C=O) groups excluding carboxylic acids is 1. The molecular weight excluding hydrogens is 469 g/mol. The zero-order chi connectivity index (χ0) is 26.2. The Morgan fingerprint density at radius 3 is 2.81 bits per heavy atom. The average molecular weight is 502 g/mol. The van der Waals surface area contributed by atoms with Crippen molar-refractivity contribution in [2.75, 3.05) is 50.6 Å². The number of aryl methyl sites for hydroxylation is 1. The van der Waals surface area contributed by atoms with E-state index in [2.05, 4.69) is 44.2 Å². The van der Waals surface area contributed by atoms with Crippen LogP contribution in [0.3, 0.4) is 0 Å². The zero-order valence-electron chi connectivity index (χ0n) is 20.9. The molecule has 0 saturated carbocycles. The molecule has 11 nitrogen and oxygen atoms in total. The number of nitrogens with one attached hydrogen (secondary N) is 1. The molecule has 3 aromatic rings. The third kappa shape index (κ3) is 6.66. The molecule has 194 valence electrons. The fourth-order valence-corrected chi connectivity index (χ4v) is 4.27. The summed E-state index contributed by atoms with van der Waals surface area (Å²) in [7, 11) is 4.15. The van der Waals surface area contributed by atoms with Crippen LogP contribution >= 0.6 is 0 Å². The molecule has 3 aromatic heterocycles. The Hall–Kier alpha value is -3.80. The lowest BCUT2D eigenvalue weighted by Gasteiger charge is -2.34. The first-order valence-corrected chi connectivity index (χ1v) is 11.7. The van der Waals surface area contributed by atoms with Gasteiger partial charge in [-0.25, -0.2) is 14.4 Å². The van der Waals surface area contributed by atoms with Crippen LogP contribution in [-0.2, 0) is 4.79 Å². The van der Waals surface area contributed by atoms with E-state index in [4.69, 9.17) is 14.6 Å². The molecule has 2 N–H and O–H groups in total. The molecule has 1 fully saturated rings. The Morgan fingerprint density at radius 1 is 1.36 bits per heavy atom. The molecule has 36 heavy (non-hydrogen) atoms. The van der Waals surface area contributed by atoms with Gasteiger partial charge in [-0.3, -0.25) is 9.59 Å². The van der Waals surface area contributed by atoms with E-state index in [1.54, 1.807) is 23.7 Å². The summed E-state index contributed by atoms with van der Waals surface area (Å²) in [6.45, 7) is 6.45. The largest absolute Gasteiger partial charge is 0.483 e. The molecule has 4 rings (SSSR count). The van der Waals surface area contributed by atoms with Gasteiger partial charge >= 0.3 is 0 Å². The molecule has 0 spiro atoms. The number of imidazole rings is 1. The van der Waals surface area contributed by atoms with Crippen LogP contribution in [-0.4, -0.2) is 82.1 Å². The van der Waals surface area contributed by atoms with Crippen molar-refractivity contribution in [2.45, 2.75) is 26.7 Å². The number of fused-ring (bicyclic) bond motifs is 1. The van der Waals surface area contributed by atoms with Gasteiger partial charge in [-0.05, 0) is 46.7 Å². The minimum absolute atomic E-state index is 0.199. The van der Waals surface area contributed by atoms with Crippen molar-refractivity contribution in [1.29, 1.82) is 0 Å². The van der Waals surface area contributed by atoms with Crippen LogP contribution in [0, 0.1) is 18.7 Å². The third-order valence-electron chi connectivity index (χ3n) is 5.58. The second-order valence-electron chi connectivity index (χ2n) is 8.79. The summed E-state index contributed by atoms with van der Waals surface area (Å²) in [5, 5.41) is 9.61. The monoisotopic (exact) mass is 501 g/mol. The normalized spacial score (nSPS) is 15.4. The highest BCUT2D eigenvalue weighted by Gasteiger charge is 2.24. The van der Waals surface area contributed by atoms with Crippen LogP contribution in [0.25, 0.3) is 5.65 Å². The number of pyridine rings is 1. The molecule has 4 heterocycles. The maximum absolute atomic E-state index is 14.4. The van der Waals surface area contributed by atoms with Crippen LogP contribution in [0.2, 0.25) is 0 Å². The number of rotatable bonds is 7. The highest BCUT2D eigenvalue weighted by molar-refractivity contribution is 6.05. The lowest BCUT2D eigenvalue weighted by atomic mass is 9.98. The number of carboxylic acid groups (broad SMARTS) is 1. The maximum Gasteiger partial charge on any atom is 0.290 e. The first-order chi connectivity index (χ1) is 17.2. The Kier molecular flexibility index (Phi) is 9.12. The van der Waals surface area contributed by atoms with Crippen LogP contribution in [0.1, 0.15) is 35.8 Å². The Bertz CT molecular complexity index is 1200. The maximum atomic E-state index is 14.4. The van der Waals surface area contributed by atoms with E-state index >= 15 is 0 Å². The second-order valence-corrected chi connectivity index (χ2v) is 8.79. The van der Waals surface area contributed by atoms with E-state index in [1.807, 2.05) is 6.92 Å². The summed E-state index contributed by atoms with van der Waals surface area (Å²) in [5.41, 5.74) is 1.40. The summed E-state index contributed by atoms with van der Waals surface area (Å²) >= 11 is 0. The number of hydrogen-bond acceptors (Lipinski definition) is 8. The fourth-order valence-electron chi connectivity index (χ4n) is 4.27. The fraction of sp³-hybridized carbons (Fsp3) is 0.458.